The number of guanidine groups is 1. The Kier molecular flexibility index (Phi) is 8.81. The number of hydrogen-bond acceptors (Lipinski definition) is 5. The van der Waals surface area contributed by atoms with Crippen LogP contribution >= 0.6 is 11.3 Å². The van der Waals surface area contributed by atoms with Crippen molar-refractivity contribution in [2.75, 3.05) is 59.4 Å². The minimum Gasteiger partial charge on any atom is -0.357 e. The van der Waals surface area contributed by atoms with Gasteiger partial charge in [0.25, 0.3) is 0 Å². The Balaban J connectivity index is 1.74. The molecule has 1 fully saturated rings. The third-order valence-corrected chi connectivity index (χ3v) is 5.91. The van der Waals surface area contributed by atoms with Gasteiger partial charge >= 0.3 is 0 Å². The van der Waals surface area contributed by atoms with E-state index >= 15 is 0 Å². The zero-order chi connectivity index (χ0) is 18.9. The third-order valence-electron chi connectivity index (χ3n) is 4.78. The van der Waals surface area contributed by atoms with Crippen LogP contribution in [0.1, 0.15) is 29.4 Å². The number of aromatic nitrogens is 1. The summed E-state index contributed by atoms with van der Waals surface area (Å²) >= 11 is 1.80. The van der Waals surface area contributed by atoms with E-state index in [1.165, 1.54) is 36.1 Å². The van der Waals surface area contributed by atoms with Crippen molar-refractivity contribution in [1.29, 1.82) is 0 Å². The zero-order valence-electron chi connectivity index (χ0n) is 17.1. The molecule has 2 N–H and O–H groups in total. The summed E-state index contributed by atoms with van der Waals surface area (Å²) in [5, 5.41) is 8.00. The van der Waals surface area contributed by atoms with Gasteiger partial charge in [-0.3, -0.25) is 4.99 Å². The van der Waals surface area contributed by atoms with E-state index in [4.69, 9.17) is 4.99 Å². The molecule has 0 bridgehead atoms. The molecule has 1 aliphatic heterocycles. The van der Waals surface area contributed by atoms with Gasteiger partial charge in [0.15, 0.2) is 5.96 Å². The van der Waals surface area contributed by atoms with Gasteiger partial charge in [-0.05, 0) is 33.7 Å². The van der Waals surface area contributed by atoms with Crippen molar-refractivity contribution in [1.82, 2.24) is 25.4 Å². The fraction of sp³-hybridized carbons (Fsp3) is 0.789. The largest absolute Gasteiger partial charge is 0.357 e. The molecule has 0 amide bonds. The van der Waals surface area contributed by atoms with Crippen LogP contribution in [0.4, 0.5) is 0 Å². The summed E-state index contributed by atoms with van der Waals surface area (Å²) < 4.78 is 0. The van der Waals surface area contributed by atoms with E-state index in [1.54, 1.807) is 11.3 Å². The Bertz CT molecular complexity index is 543. The van der Waals surface area contributed by atoms with Gasteiger partial charge in [0.05, 0.1) is 10.7 Å². The number of piperazine rings is 1. The Morgan fingerprint density at radius 3 is 2.58 bits per heavy atom. The molecule has 1 saturated heterocycles. The van der Waals surface area contributed by atoms with Gasteiger partial charge in [-0.15, -0.1) is 11.3 Å². The summed E-state index contributed by atoms with van der Waals surface area (Å²) in [6.45, 7) is 17.1. The second kappa shape index (κ2) is 10.8. The van der Waals surface area contributed by atoms with Crippen molar-refractivity contribution in [3.8, 4) is 0 Å². The van der Waals surface area contributed by atoms with E-state index in [0.29, 0.717) is 5.92 Å². The lowest BCUT2D eigenvalue weighted by Crippen LogP contribution is -2.46. The number of nitrogens with one attached hydrogen (secondary N) is 2. The summed E-state index contributed by atoms with van der Waals surface area (Å²) in [7, 11) is 2.20. The maximum absolute atomic E-state index is 4.79. The predicted molar refractivity (Wildman–Crippen MR) is 112 cm³/mol. The molecule has 1 atom stereocenters. The fourth-order valence-corrected chi connectivity index (χ4v) is 3.99. The molecule has 0 aromatic carbocycles. The predicted octanol–water partition coefficient (Wildman–Crippen LogP) is 1.74. The number of nitrogens with zero attached hydrogens (tertiary/aromatic N) is 4. The molecule has 1 aliphatic rings. The van der Waals surface area contributed by atoms with Gasteiger partial charge in [-0.2, -0.15) is 0 Å². The second-order valence-corrected chi connectivity index (χ2v) is 8.64. The van der Waals surface area contributed by atoms with Crippen LogP contribution < -0.4 is 10.6 Å². The van der Waals surface area contributed by atoms with E-state index in [0.717, 1.165) is 44.3 Å². The Hall–Kier alpha value is -1.18. The van der Waals surface area contributed by atoms with E-state index in [-0.39, 0.29) is 0 Å². The Morgan fingerprint density at radius 1 is 1.23 bits per heavy atom. The molecule has 148 valence electrons. The highest BCUT2D eigenvalue weighted by atomic mass is 32.1. The molecular weight excluding hydrogens is 344 g/mol. The summed E-state index contributed by atoms with van der Waals surface area (Å²) in [4.78, 5) is 15.7. The first-order valence-corrected chi connectivity index (χ1v) is 10.7. The minimum atomic E-state index is 0.568. The van der Waals surface area contributed by atoms with Crippen LogP contribution in [0.3, 0.4) is 0 Å². The number of aryl methyl sites for hydroxylation is 2. The standard InChI is InChI=1S/C19H36N6S/c1-6-20-19(21-8-7-18-23-16(3)17(4)26-18)22-13-15(2)14-25-11-9-24(5)10-12-25/h15H,6-14H2,1-5H3,(H2,20,21,22). The molecular formula is C19H36N6S. The van der Waals surface area contributed by atoms with Crippen LogP contribution in [0.5, 0.6) is 0 Å². The Labute approximate surface area is 163 Å². The fourth-order valence-electron chi connectivity index (χ4n) is 3.05. The molecule has 2 rings (SSSR count). The average molecular weight is 381 g/mol. The quantitative estimate of drug-likeness (QED) is 0.531. The highest BCUT2D eigenvalue weighted by molar-refractivity contribution is 7.11. The molecule has 2 heterocycles. The molecule has 0 radical (unpaired) electrons. The number of aliphatic imine (C=N–C) groups is 1. The molecule has 1 aromatic heterocycles. The van der Waals surface area contributed by atoms with E-state index in [1.807, 2.05) is 0 Å². The summed E-state index contributed by atoms with van der Waals surface area (Å²) in [6, 6.07) is 0. The smallest absolute Gasteiger partial charge is 0.191 e. The van der Waals surface area contributed by atoms with Gasteiger partial charge < -0.3 is 20.4 Å². The van der Waals surface area contributed by atoms with Crippen LogP contribution in [-0.4, -0.2) is 80.1 Å². The topological polar surface area (TPSA) is 55.8 Å². The van der Waals surface area contributed by atoms with Crippen LogP contribution in [0, 0.1) is 19.8 Å². The van der Waals surface area contributed by atoms with Gasteiger partial charge in [-0.1, -0.05) is 6.92 Å². The van der Waals surface area contributed by atoms with Gasteiger partial charge in [-0.25, -0.2) is 4.98 Å². The molecule has 26 heavy (non-hydrogen) atoms. The van der Waals surface area contributed by atoms with Crippen molar-refractivity contribution in [3.63, 3.8) is 0 Å². The van der Waals surface area contributed by atoms with Crippen molar-refractivity contribution in [3.05, 3.63) is 15.6 Å². The number of rotatable bonds is 8. The van der Waals surface area contributed by atoms with Gasteiger partial charge in [0.1, 0.15) is 0 Å². The normalized spacial score (nSPS) is 18.1. The highest BCUT2D eigenvalue weighted by Crippen LogP contribution is 2.16. The lowest BCUT2D eigenvalue weighted by molar-refractivity contribution is 0.140. The summed E-state index contributed by atoms with van der Waals surface area (Å²) in [6.07, 6.45) is 0.945. The first kappa shape index (κ1) is 21.1. The number of likely N-dealkylation sites (N-methyl/N-ethyl adjacent to an activating group) is 1. The monoisotopic (exact) mass is 380 g/mol. The van der Waals surface area contributed by atoms with E-state index in [9.17, 15) is 0 Å². The lowest BCUT2D eigenvalue weighted by Gasteiger charge is -2.33. The van der Waals surface area contributed by atoms with Crippen molar-refractivity contribution in [2.24, 2.45) is 10.9 Å². The van der Waals surface area contributed by atoms with Gasteiger partial charge in [0, 0.05) is 63.7 Å². The number of thiazole rings is 1. The first-order chi connectivity index (χ1) is 12.5. The maximum atomic E-state index is 4.79. The SMILES string of the molecule is CCNC(=NCC(C)CN1CCN(C)CC1)NCCc1nc(C)c(C)s1. The first-order valence-electron chi connectivity index (χ1n) is 9.84. The van der Waals surface area contributed by atoms with Crippen LogP contribution in [-0.2, 0) is 6.42 Å². The minimum absolute atomic E-state index is 0.568. The van der Waals surface area contributed by atoms with Gasteiger partial charge in [0.2, 0.25) is 0 Å². The maximum Gasteiger partial charge on any atom is 0.191 e. The van der Waals surface area contributed by atoms with E-state index < -0.39 is 0 Å². The zero-order valence-corrected chi connectivity index (χ0v) is 18.0. The van der Waals surface area contributed by atoms with Crippen molar-refractivity contribution >= 4 is 17.3 Å². The summed E-state index contributed by atoms with van der Waals surface area (Å²) in [5.41, 5.74) is 1.16. The summed E-state index contributed by atoms with van der Waals surface area (Å²) in [5.74, 6) is 1.49. The van der Waals surface area contributed by atoms with Crippen molar-refractivity contribution < 1.29 is 0 Å². The third kappa shape index (κ3) is 7.21. The average Bonchev–Trinajstić information content (AvgIpc) is 2.92. The number of hydrogen-bond donors (Lipinski definition) is 2. The molecule has 1 unspecified atom stereocenters. The highest BCUT2D eigenvalue weighted by Gasteiger charge is 2.16. The molecule has 6 nitrogen and oxygen atoms in total. The van der Waals surface area contributed by atoms with Crippen LogP contribution in [0.25, 0.3) is 0 Å². The Morgan fingerprint density at radius 2 is 1.96 bits per heavy atom. The molecule has 1 aromatic rings. The van der Waals surface area contributed by atoms with E-state index in [2.05, 4.69) is 60.2 Å². The van der Waals surface area contributed by atoms with Crippen LogP contribution in [0.15, 0.2) is 4.99 Å². The lowest BCUT2D eigenvalue weighted by atomic mass is 10.1. The molecule has 0 aliphatic carbocycles. The molecule has 0 saturated carbocycles. The molecule has 0 spiro atoms. The second-order valence-electron chi connectivity index (χ2n) is 7.35. The van der Waals surface area contributed by atoms with Crippen molar-refractivity contribution in [2.45, 2.75) is 34.1 Å². The van der Waals surface area contributed by atoms with Crippen LogP contribution in [0.2, 0.25) is 0 Å². The molecule has 7 heteroatoms.